The Morgan fingerprint density at radius 1 is 1.12 bits per heavy atom. The molecule has 0 N–H and O–H groups in total. The molecular weight excluding hydrogens is 358 g/mol. The van der Waals surface area contributed by atoms with Crippen LogP contribution < -0.4 is 0 Å². The first-order valence-corrected chi connectivity index (χ1v) is 8.61. The Balaban J connectivity index is 1.37. The molecule has 0 atom stereocenters. The van der Waals surface area contributed by atoms with Crippen LogP contribution in [0.5, 0.6) is 0 Å². The summed E-state index contributed by atoms with van der Waals surface area (Å²) in [6, 6.07) is 8.13. The van der Waals surface area contributed by atoms with Crippen LogP contribution >= 0.6 is 11.3 Å². The predicted octanol–water partition coefficient (Wildman–Crippen LogP) is 2.49. The lowest BCUT2D eigenvalue weighted by Gasteiger charge is -2.12. The van der Waals surface area contributed by atoms with Gasteiger partial charge in [0, 0.05) is 17.4 Å². The molecule has 0 spiro atoms. The Morgan fingerprint density at radius 3 is 2.50 bits per heavy atom. The first-order valence-electron chi connectivity index (χ1n) is 7.67. The number of aromatic nitrogens is 2. The van der Waals surface area contributed by atoms with E-state index in [2.05, 4.69) is 10.2 Å². The number of rotatable bonds is 5. The van der Waals surface area contributed by atoms with Crippen LogP contribution in [0.25, 0.3) is 11.5 Å². The lowest BCUT2D eigenvalue weighted by atomic mass is 10.1. The number of carbonyl (C=O) groups excluding carboxylic acids is 3. The highest BCUT2D eigenvalue weighted by molar-refractivity contribution is 7.08. The number of benzene rings is 1. The average molecular weight is 369 g/mol. The van der Waals surface area contributed by atoms with Gasteiger partial charge < -0.3 is 9.25 Å². The third-order valence-electron chi connectivity index (χ3n) is 3.73. The second kappa shape index (κ2) is 6.52. The molecule has 0 unspecified atom stereocenters. The predicted molar refractivity (Wildman–Crippen MR) is 89.0 cm³/mol. The van der Waals surface area contributed by atoms with Crippen LogP contribution in [0.1, 0.15) is 33.0 Å². The maximum atomic E-state index is 12.1. The number of hydrogen-bond acceptors (Lipinski definition) is 8. The Labute approximate surface area is 151 Å². The van der Waals surface area contributed by atoms with E-state index < -0.39 is 17.8 Å². The van der Waals surface area contributed by atoms with E-state index >= 15 is 0 Å². The van der Waals surface area contributed by atoms with Gasteiger partial charge >= 0.3 is 5.97 Å². The minimum Gasteiger partial charge on any atom is -0.421 e. The van der Waals surface area contributed by atoms with E-state index in [9.17, 15) is 14.4 Å². The summed E-state index contributed by atoms with van der Waals surface area (Å²) in [6.07, 6.45) is 0.0256. The molecule has 0 aliphatic carbocycles. The number of hydroxylamine groups is 2. The lowest BCUT2D eigenvalue weighted by molar-refractivity contribution is -0.168. The maximum Gasteiger partial charge on any atom is 0.333 e. The number of amides is 2. The molecule has 0 radical (unpaired) electrons. The van der Waals surface area contributed by atoms with Crippen molar-refractivity contribution in [3.63, 3.8) is 0 Å². The van der Waals surface area contributed by atoms with Gasteiger partial charge in [0.05, 0.1) is 17.5 Å². The third-order valence-corrected chi connectivity index (χ3v) is 4.41. The molecule has 130 valence electrons. The number of carbonyl (C=O) groups is 3. The molecule has 26 heavy (non-hydrogen) atoms. The SMILES string of the molecule is O=C(CCc1nnc(-c2ccsc2)o1)ON1C(=O)c2ccccc2C1=O. The zero-order chi connectivity index (χ0) is 18.1. The quantitative estimate of drug-likeness (QED) is 0.637. The summed E-state index contributed by atoms with van der Waals surface area (Å²) >= 11 is 1.50. The summed E-state index contributed by atoms with van der Waals surface area (Å²) in [7, 11) is 0. The van der Waals surface area contributed by atoms with Crippen molar-refractivity contribution >= 4 is 29.1 Å². The van der Waals surface area contributed by atoms with E-state index in [1.54, 1.807) is 12.1 Å². The zero-order valence-electron chi connectivity index (χ0n) is 13.2. The van der Waals surface area contributed by atoms with E-state index in [-0.39, 0.29) is 29.9 Å². The van der Waals surface area contributed by atoms with Crippen molar-refractivity contribution in [2.75, 3.05) is 0 Å². The van der Waals surface area contributed by atoms with E-state index in [1.807, 2.05) is 16.8 Å². The zero-order valence-corrected chi connectivity index (χ0v) is 14.1. The van der Waals surface area contributed by atoms with Crippen molar-refractivity contribution in [1.29, 1.82) is 0 Å². The fourth-order valence-electron chi connectivity index (χ4n) is 2.46. The molecule has 1 aliphatic heterocycles. The van der Waals surface area contributed by atoms with Crippen molar-refractivity contribution in [2.24, 2.45) is 0 Å². The topological polar surface area (TPSA) is 103 Å². The van der Waals surface area contributed by atoms with Crippen LogP contribution in [0.15, 0.2) is 45.5 Å². The Bertz CT molecular complexity index is 961. The number of hydrogen-bond donors (Lipinski definition) is 0. The van der Waals surface area contributed by atoms with Gasteiger partial charge in [-0.05, 0) is 23.6 Å². The van der Waals surface area contributed by atoms with Crippen LogP contribution in [-0.4, -0.2) is 33.0 Å². The molecule has 0 saturated carbocycles. The molecule has 4 rings (SSSR count). The van der Waals surface area contributed by atoms with Crippen molar-refractivity contribution in [2.45, 2.75) is 12.8 Å². The summed E-state index contributed by atoms with van der Waals surface area (Å²) < 4.78 is 5.47. The molecule has 9 heteroatoms. The number of nitrogens with zero attached hydrogens (tertiary/aromatic N) is 3. The Morgan fingerprint density at radius 2 is 1.85 bits per heavy atom. The minimum absolute atomic E-state index is 0.112. The van der Waals surface area contributed by atoms with Crippen LogP contribution in [0.2, 0.25) is 0 Å². The second-order valence-electron chi connectivity index (χ2n) is 5.43. The molecule has 8 nitrogen and oxygen atoms in total. The first-order chi connectivity index (χ1) is 12.6. The van der Waals surface area contributed by atoms with Crippen LogP contribution in [0.3, 0.4) is 0 Å². The average Bonchev–Trinajstić information content (AvgIpc) is 3.38. The van der Waals surface area contributed by atoms with Crippen LogP contribution in [0.4, 0.5) is 0 Å². The number of imide groups is 1. The molecule has 1 aromatic carbocycles. The van der Waals surface area contributed by atoms with E-state index in [4.69, 9.17) is 9.25 Å². The fraction of sp³-hybridized carbons (Fsp3) is 0.118. The summed E-state index contributed by atoms with van der Waals surface area (Å²) in [5.74, 6) is -1.41. The highest BCUT2D eigenvalue weighted by Crippen LogP contribution is 2.23. The molecule has 0 fully saturated rings. The van der Waals surface area contributed by atoms with Gasteiger partial charge in [-0.1, -0.05) is 17.2 Å². The lowest BCUT2D eigenvalue weighted by Crippen LogP contribution is -2.32. The molecule has 0 saturated heterocycles. The van der Waals surface area contributed by atoms with Crippen molar-refractivity contribution in [3.05, 3.63) is 58.1 Å². The largest absolute Gasteiger partial charge is 0.421 e. The van der Waals surface area contributed by atoms with Gasteiger partial charge in [0.2, 0.25) is 11.8 Å². The van der Waals surface area contributed by atoms with E-state index in [0.717, 1.165) is 5.56 Å². The Kier molecular flexibility index (Phi) is 4.05. The van der Waals surface area contributed by atoms with Gasteiger partial charge in [0.15, 0.2) is 0 Å². The normalized spacial score (nSPS) is 13.2. The van der Waals surface area contributed by atoms with Gasteiger partial charge in [0.25, 0.3) is 11.8 Å². The smallest absolute Gasteiger partial charge is 0.333 e. The molecule has 2 aromatic heterocycles. The van der Waals surface area contributed by atoms with Crippen molar-refractivity contribution in [3.8, 4) is 11.5 Å². The summed E-state index contributed by atoms with van der Waals surface area (Å²) in [4.78, 5) is 41.2. The van der Waals surface area contributed by atoms with Gasteiger partial charge in [0.1, 0.15) is 0 Å². The standard InChI is InChI=1S/C17H11N3O5S/c21-14(6-5-13-18-19-15(24-13)10-7-8-26-9-10)25-20-16(22)11-3-1-2-4-12(11)17(20)23/h1-4,7-9H,5-6H2. The second-order valence-corrected chi connectivity index (χ2v) is 6.21. The summed E-state index contributed by atoms with van der Waals surface area (Å²) in [5.41, 5.74) is 1.23. The fourth-order valence-corrected chi connectivity index (χ4v) is 3.09. The van der Waals surface area contributed by atoms with Crippen LogP contribution in [-0.2, 0) is 16.1 Å². The van der Waals surface area contributed by atoms with E-state index in [0.29, 0.717) is 11.0 Å². The Hall–Kier alpha value is -3.33. The molecule has 1 aliphatic rings. The van der Waals surface area contributed by atoms with E-state index in [1.165, 1.54) is 23.5 Å². The highest BCUT2D eigenvalue weighted by Gasteiger charge is 2.38. The van der Waals surface area contributed by atoms with Crippen LogP contribution in [0, 0.1) is 0 Å². The van der Waals surface area contributed by atoms with Gasteiger partial charge in [-0.3, -0.25) is 9.59 Å². The summed E-state index contributed by atoms with van der Waals surface area (Å²) in [6.45, 7) is 0. The number of thiophene rings is 1. The molecule has 2 amide bonds. The number of aryl methyl sites for hydroxylation is 1. The van der Waals surface area contributed by atoms with Crippen molar-refractivity contribution in [1.82, 2.24) is 15.3 Å². The monoisotopic (exact) mass is 369 g/mol. The van der Waals surface area contributed by atoms with Gasteiger partial charge in [-0.25, -0.2) is 4.79 Å². The highest BCUT2D eigenvalue weighted by atomic mass is 32.1. The first kappa shape index (κ1) is 16.2. The third kappa shape index (κ3) is 2.88. The molecular formula is C17H11N3O5S. The number of fused-ring (bicyclic) bond motifs is 1. The molecule has 0 bridgehead atoms. The van der Waals surface area contributed by atoms with Gasteiger partial charge in [-0.15, -0.1) is 10.2 Å². The molecule has 3 aromatic rings. The maximum absolute atomic E-state index is 12.1. The van der Waals surface area contributed by atoms with Crippen molar-refractivity contribution < 1.29 is 23.6 Å². The van der Waals surface area contributed by atoms with Gasteiger partial charge in [-0.2, -0.15) is 11.3 Å². The molecule has 3 heterocycles. The summed E-state index contributed by atoms with van der Waals surface area (Å²) in [5, 5.41) is 12.0. The minimum atomic E-state index is -0.741.